The maximum atomic E-state index is 14.8. The first kappa shape index (κ1) is 25.1. The third-order valence-electron chi connectivity index (χ3n) is 5.00. The molecule has 0 unspecified atom stereocenters. The Balaban J connectivity index is 1.79. The Morgan fingerprint density at radius 1 is 1.03 bits per heavy atom. The minimum atomic E-state index is -5.15. The van der Waals surface area contributed by atoms with Crippen LogP contribution in [0.5, 0.6) is 0 Å². The van der Waals surface area contributed by atoms with Crippen LogP contribution < -0.4 is 10.2 Å². The molecule has 3 rings (SSSR count). The van der Waals surface area contributed by atoms with Crippen molar-refractivity contribution in [3.63, 3.8) is 0 Å². The molecule has 0 bridgehead atoms. The summed E-state index contributed by atoms with van der Waals surface area (Å²) in [5.41, 5.74) is -0.0896. The molecule has 182 valence electrons. The lowest BCUT2D eigenvalue weighted by atomic mass is 10.1. The maximum Gasteiger partial charge on any atom is 0.471 e. The van der Waals surface area contributed by atoms with Crippen molar-refractivity contribution in [3.8, 4) is 0 Å². The number of alkyl halides is 3. The Morgan fingerprint density at radius 2 is 1.74 bits per heavy atom. The van der Waals surface area contributed by atoms with E-state index < -0.39 is 42.1 Å². The molecule has 1 heterocycles. The highest BCUT2D eigenvalue weighted by molar-refractivity contribution is 6.00. The number of ether oxygens (including phenoxy) is 1. The van der Waals surface area contributed by atoms with Crippen molar-refractivity contribution in [2.75, 3.05) is 37.7 Å². The molecule has 7 nitrogen and oxygen atoms in total. The van der Waals surface area contributed by atoms with Gasteiger partial charge in [0.25, 0.3) is 0 Å². The number of Topliss-reactive ketones (excluding diaryl/α,β-unsaturated/α-hetero) is 1. The Labute approximate surface area is 191 Å². The molecule has 2 aromatic carbocycles. The van der Waals surface area contributed by atoms with Gasteiger partial charge in [-0.3, -0.25) is 14.5 Å². The molecule has 34 heavy (non-hydrogen) atoms. The number of ketones is 1. The summed E-state index contributed by atoms with van der Waals surface area (Å²) in [7, 11) is 0. The molecule has 1 aliphatic heterocycles. The Hall–Kier alpha value is -3.54. The SMILES string of the molecule is O=C(CNC(=O)C(F)(F)F)c1ccc(CN(C(=O)N2CCOCC2)c2cccc(F)c2)c(F)c1. The van der Waals surface area contributed by atoms with Gasteiger partial charge < -0.3 is 15.0 Å². The van der Waals surface area contributed by atoms with Gasteiger partial charge in [0, 0.05) is 29.9 Å². The minimum Gasteiger partial charge on any atom is -0.378 e. The van der Waals surface area contributed by atoms with E-state index in [-0.39, 0.29) is 23.4 Å². The van der Waals surface area contributed by atoms with Gasteiger partial charge in [0.1, 0.15) is 11.6 Å². The summed E-state index contributed by atoms with van der Waals surface area (Å²) in [4.78, 5) is 38.7. The van der Waals surface area contributed by atoms with E-state index in [2.05, 4.69) is 0 Å². The third-order valence-corrected chi connectivity index (χ3v) is 5.00. The lowest BCUT2D eigenvalue weighted by Crippen LogP contribution is -2.48. The fraction of sp³-hybridized carbons (Fsp3) is 0.318. The molecule has 0 aromatic heterocycles. The number of nitrogens with one attached hydrogen (secondary N) is 1. The molecule has 0 radical (unpaired) electrons. The van der Waals surface area contributed by atoms with Crippen molar-refractivity contribution in [2.45, 2.75) is 12.7 Å². The zero-order chi connectivity index (χ0) is 24.9. The topological polar surface area (TPSA) is 79.0 Å². The highest BCUT2D eigenvalue weighted by atomic mass is 19.4. The molecule has 1 aliphatic rings. The summed E-state index contributed by atoms with van der Waals surface area (Å²) >= 11 is 0. The molecule has 1 fully saturated rings. The van der Waals surface area contributed by atoms with Crippen LogP contribution in [-0.4, -0.2) is 61.6 Å². The number of amides is 3. The van der Waals surface area contributed by atoms with Crippen molar-refractivity contribution in [1.29, 1.82) is 0 Å². The quantitative estimate of drug-likeness (QED) is 0.503. The monoisotopic (exact) mass is 485 g/mol. The third kappa shape index (κ3) is 6.28. The molecule has 0 saturated carbocycles. The molecule has 0 spiro atoms. The van der Waals surface area contributed by atoms with Gasteiger partial charge in [0.15, 0.2) is 5.78 Å². The first-order chi connectivity index (χ1) is 16.1. The van der Waals surface area contributed by atoms with Crippen molar-refractivity contribution < 1.29 is 41.1 Å². The van der Waals surface area contributed by atoms with Gasteiger partial charge in [0.2, 0.25) is 0 Å². The highest BCUT2D eigenvalue weighted by Crippen LogP contribution is 2.23. The summed E-state index contributed by atoms with van der Waals surface area (Å²) in [5, 5.41) is 1.43. The number of urea groups is 1. The number of anilines is 1. The van der Waals surface area contributed by atoms with Gasteiger partial charge in [-0.25, -0.2) is 13.6 Å². The number of rotatable bonds is 6. The summed E-state index contributed by atoms with van der Waals surface area (Å²) in [5.74, 6) is -4.72. The number of carbonyl (C=O) groups excluding carboxylic acids is 3. The molecule has 0 aliphatic carbocycles. The van der Waals surface area contributed by atoms with Crippen LogP contribution in [0.15, 0.2) is 42.5 Å². The van der Waals surface area contributed by atoms with Gasteiger partial charge in [-0.15, -0.1) is 0 Å². The van der Waals surface area contributed by atoms with Gasteiger partial charge in [-0.2, -0.15) is 13.2 Å². The van der Waals surface area contributed by atoms with E-state index >= 15 is 0 Å². The van der Waals surface area contributed by atoms with Gasteiger partial charge in [-0.05, 0) is 24.3 Å². The summed E-state index contributed by atoms with van der Waals surface area (Å²) in [6.07, 6.45) is -5.15. The summed E-state index contributed by atoms with van der Waals surface area (Å²) < 4.78 is 70.6. The summed E-state index contributed by atoms with van der Waals surface area (Å²) in [6, 6.07) is 7.88. The fourth-order valence-electron chi connectivity index (χ4n) is 3.22. The lowest BCUT2D eigenvalue weighted by Gasteiger charge is -2.33. The largest absolute Gasteiger partial charge is 0.471 e. The second kappa shape index (κ2) is 10.6. The number of hydrogen-bond acceptors (Lipinski definition) is 4. The number of benzene rings is 2. The zero-order valence-electron chi connectivity index (χ0n) is 17.7. The van der Waals surface area contributed by atoms with E-state index in [9.17, 15) is 36.3 Å². The molecule has 1 N–H and O–H groups in total. The van der Waals surface area contributed by atoms with Crippen molar-refractivity contribution in [1.82, 2.24) is 10.2 Å². The number of carbonyl (C=O) groups is 3. The molecular weight excluding hydrogens is 465 g/mol. The fourth-order valence-corrected chi connectivity index (χ4v) is 3.22. The van der Waals surface area contributed by atoms with Crippen LogP contribution in [0.3, 0.4) is 0 Å². The zero-order valence-corrected chi connectivity index (χ0v) is 17.7. The predicted molar refractivity (Wildman–Crippen MR) is 110 cm³/mol. The number of hydrogen-bond donors (Lipinski definition) is 1. The van der Waals surface area contributed by atoms with Crippen LogP contribution in [0.1, 0.15) is 15.9 Å². The van der Waals surface area contributed by atoms with Crippen molar-refractivity contribution >= 4 is 23.4 Å². The van der Waals surface area contributed by atoms with Crippen LogP contribution in [0.25, 0.3) is 0 Å². The van der Waals surface area contributed by atoms with E-state index in [4.69, 9.17) is 4.74 Å². The molecule has 12 heteroatoms. The second-order valence-corrected chi connectivity index (χ2v) is 7.36. The molecule has 2 aromatic rings. The van der Waals surface area contributed by atoms with Gasteiger partial charge in [-0.1, -0.05) is 18.2 Å². The van der Waals surface area contributed by atoms with Crippen molar-refractivity contribution in [2.24, 2.45) is 0 Å². The molecule has 1 saturated heterocycles. The summed E-state index contributed by atoms with van der Waals surface area (Å²) in [6.45, 7) is -0.0428. The smallest absolute Gasteiger partial charge is 0.378 e. The Morgan fingerprint density at radius 3 is 2.35 bits per heavy atom. The van der Waals surface area contributed by atoms with E-state index in [1.165, 1.54) is 45.4 Å². The highest BCUT2D eigenvalue weighted by Gasteiger charge is 2.38. The van der Waals surface area contributed by atoms with Crippen LogP contribution in [0, 0.1) is 11.6 Å². The molecule has 3 amide bonds. The normalized spacial score (nSPS) is 14.0. The van der Waals surface area contributed by atoms with Crippen LogP contribution >= 0.6 is 0 Å². The lowest BCUT2D eigenvalue weighted by molar-refractivity contribution is -0.173. The minimum absolute atomic E-state index is 0.0123. The maximum absolute atomic E-state index is 14.8. The Kier molecular flexibility index (Phi) is 7.82. The van der Waals surface area contributed by atoms with E-state index in [1.54, 1.807) is 0 Å². The van der Waals surface area contributed by atoms with Crippen LogP contribution in [0.4, 0.5) is 32.4 Å². The van der Waals surface area contributed by atoms with Gasteiger partial charge in [0.05, 0.1) is 26.3 Å². The van der Waals surface area contributed by atoms with Crippen molar-refractivity contribution in [3.05, 3.63) is 65.2 Å². The standard InChI is InChI=1S/C22H20F5N3O4/c23-16-2-1-3-17(11-16)30(21(33)29-6-8-34-9-7-29)13-15-5-4-14(10-18(15)24)19(31)12-28-20(32)22(25,26)27/h1-5,10-11H,6-9,12-13H2,(H,28,32). The first-order valence-corrected chi connectivity index (χ1v) is 10.1. The van der Waals surface area contributed by atoms with E-state index in [1.807, 2.05) is 0 Å². The molecular formula is C22H20F5N3O4. The number of halogens is 5. The average Bonchev–Trinajstić information content (AvgIpc) is 2.81. The second-order valence-electron chi connectivity index (χ2n) is 7.36. The van der Waals surface area contributed by atoms with E-state index in [0.717, 1.165) is 12.1 Å². The number of nitrogens with zero attached hydrogens (tertiary/aromatic N) is 2. The van der Waals surface area contributed by atoms with Crippen LogP contribution in [0.2, 0.25) is 0 Å². The first-order valence-electron chi connectivity index (χ1n) is 10.1. The Bertz CT molecular complexity index is 1070. The van der Waals surface area contributed by atoms with Crippen LogP contribution in [-0.2, 0) is 16.1 Å². The predicted octanol–water partition coefficient (Wildman–Crippen LogP) is 3.28. The van der Waals surface area contributed by atoms with Gasteiger partial charge >= 0.3 is 18.1 Å². The molecule has 0 atom stereocenters. The average molecular weight is 485 g/mol. The van der Waals surface area contributed by atoms with E-state index in [0.29, 0.717) is 26.3 Å². The number of morpholine rings is 1.